The Balaban J connectivity index is 1.94. The average molecular weight is 308 g/mol. The predicted molar refractivity (Wildman–Crippen MR) is 79.3 cm³/mol. The van der Waals surface area contributed by atoms with Crippen LogP contribution in [0.25, 0.3) is 0 Å². The molecule has 1 heterocycles. The molecule has 0 bridgehead atoms. The Kier molecular flexibility index (Phi) is 5.03. The number of aliphatic hydroxyl groups excluding tert-OH is 1. The van der Waals surface area contributed by atoms with Gasteiger partial charge in [-0.15, -0.1) is 11.3 Å². The van der Waals surface area contributed by atoms with E-state index in [1.54, 1.807) is 13.1 Å². The van der Waals surface area contributed by atoms with Crippen LogP contribution in [0, 0.1) is 12.7 Å². The van der Waals surface area contributed by atoms with E-state index in [2.05, 4.69) is 4.98 Å². The first-order valence-electron chi connectivity index (χ1n) is 6.54. The van der Waals surface area contributed by atoms with Crippen LogP contribution in [0.3, 0.4) is 0 Å². The van der Waals surface area contributed by atoms with E-state index in [1.165, 1.54) is 34.4 Å². The van der Waals surface area contributed by atoms with Crippen molar-refractivity contribution in [2.24, 2.45) is 0 Å². The molecule has 1 unspecified atom stereocenters. The lowest BCUT2D eigenvalue weighted by atomic mass is 10.1. The number of amides is 1. The molecule has 1 amide bonds. The van der Waals surface area contributed by atoms with Gasteiger partial charge in [0.2, 0.25) is 5.91 Å². The number of hydrogen-bond acceptors (Lipinski definition) is 4. The highest BCUT2D eigenvalue weighted by Gasteiger charge is 2.17. The summed E-state index contributed by atoms with van der Waals surface area (Å²) in [5.41, 5.74) is 1.33. The number of aromatic nitrogens is 1. The quantitative estimate of drug-likeness (QED) is 0.924. The number of aryl methyl sites for hydroxylation is 1. The highest BCUT2D eigenvalue weighted by Crippen LogP contribution is 2.19. The Morgan fingerprint density at radius 1 is 1.52 bits per heavy atom. The number of rotatable bonds is 5. The van der Waals surface area contributed by atoms with Crippen LogP contribution in [0.4, 0.5) is 4.39 Å². The van der Waals surface area contributed by atoms with Crippen LogP contribution in [0.15, 0.2) is 29.6 Å². The summed E-state index contributed by atoms with van der Waals surface area (Å²) in [6, 6.07) is 5.66. The average Bonchev–Trinajstić information content (AvgIpc) is 2.84. The second kappa shape index (κ2) is 6.78. The predicted octanol–water partition coefficient (Wildman–Crippen LogP) is 2.67. The maximum absolute atomic E-state index is 13.1. The minimum atomic E-state index is -1.01. The van der Waals surface area contributed by atoms with Crippen molar-refractivity contribution in [3.05, 3.63) is 51.7 Å². The van der Waals surface area contributed by atoms with Crippen molar-refractivity contribution in [1.29, 1.82) is 0 Å². The molecule has 21 heavy (non-hydrogen) atoms. The van der Waals surface area contributed by atoms with Crippen LogP contribution < -0.4 is 0 Å². The Morgan fingerprint density at radius 2 is 2.29 bits per heavy atom. The van der Waals surface area contributed by atoms with E-state index in [0.717, 1.165) is 10.7 Å². The largest absolute Gasteiger partial charge is 0.388 e. The van der Waals surface area contributed by atoms with Gasteiger partial charge in [-0.2, -0.15) is 0 Å². The first-order chi connectivity index (χ1) is 9.95. The van der Waals surface area contributed by atoms with E-state index in [1.807, 2.05) is 12.3 Å². The molecule has 2 rings (SSSR count). The van der Waals surface area contributed by atoms with Gasteiger partial charge in [-0.3, -0.25) is 4.79 Å². The Labute approximate surface area is 126 Å². The Bertz CT molecular complexity index is 630. The van der Waals surface area contributed by atoms with Crippen molar-refractivity contribution in [3.8, 4) is 0 Å². The maximum atomic E-state index is 13.1. The van der Waals surface area contributed by atoms with Crippen molar-refractivity contribution in [3.63, 3.8) is 0 Å². The van der Waals surface area contributed by atoms with Crippen LogP contribution in [0.5, 0.6) is 0 Å². The second-order valence-corrected chi connectivity index (χ2v) is 5.85. The van der Waals surface area contributed by atoms with Crippen LogP contribution in [-0.4, -0.2) is 27.9 Å². The van der Waals surface area contributed by atoms with Crippen LogP contribution in [0.2, 0.25) is 0 Å². The number of hydrogen-bond donors (Lipinski definition) is 1. The fourth-order valence-electron chi connectivity index (χ4n) is 1.92. The smallest absolute Gasteiger partial charge is 0.225 e. The third-order valence-corrected chi connectivity index (χ3v) is 4.02. The SMILES string of the molecule is Cc1csc(CN(C)C(=O)CC(O)c2cccc(F)c2)n1. The molecule has 0 saturated heterocycles. The molecule has 4 nitrogen and oxygen atoms in total. The third-order valence-electron chi connectivity index (χ3n) is 3.07. The molecular formula is C15H17FN2O2S. The molecular weight excluding hydrogens is 291 g/mol. The highest BCUT2D eigenvalue weighted by molar-refractivity contribution is 7.09. The summed E-state index contributed by atoms with van der Waals surface area (Å²) < 4.78 is 13.1. The van der Waals surface area contributed by atoms with Gasteiger partial charge in [-0.1, -0.05) is 12.1 Å². The topological polar surface area (TPSA) is 53.4 Å². The lowest BCUT2D eigenvalue weighted by molar-refractivity contribution is -0.132. The first kappa shape index (κ1) is 15.6. The molecule has 1 aromatic heterocycles. The van der Waals surface area contributed by atoms with Gasteiger partial charge in [0.15, 0.2) is 0 Å². The normalized spacial score (nSPS) is 12.2. The van der Waals surface area contributed by atoms with Gasteiger partial charge in [-0.05, 0) is 24.6 Å². The number of nitrogens with zero attached hydrogens (tertiary/aromatic N) is 2. The van der Waals surface area contributed by atoms with E-state index in [0.29, 0.717) is 12.1 Å². The van der Waals surface area contributed by atoms with E-state index >= 15 is 0 Å². The van der Waals surface area contributed by atoms with Crippen LogP contribution >= 0.6 is 11.3 Å². The molecule has 112 valence electrons. The molecule has 1 atom stereocenters. The van der Waals surface area contributed by atoms with Crippen LogP contribution in [0.1, 0.15) is 28.8 Å². The molecule has 0 radical (unpaired) electrons. The van der Waals surface area contributed by atoms with Gasteiger partial charge >= 0.3 is 0 Å². The van der Waals surface area contributed by atoms with E-state index in [-0.39, 0.29) is 12.3 Å². The summed E-state index contributed by atoms with van der Waals surface area (Å²) in [5, 5.41) is 12.8. The molecule has 0 fully saturated rings. The molecule has 0 aliphatic heterocycles. The lowest BCUT2D eigenvalue weighted by Gasteiger charge is -2.18. The van der Waals surface area contributed by atoms with Crippen molar-refractivity contribution < 1.29 is 14.3 Å². The zero-order chi connectivity index (χ0) is 15.4. The standard InChI is InChI=1S/C15H17FN2O2S/c1-10-9-21-14(17-10)8-18(2)15(20)7-13(19)11-4-3-5-12(16)6-11/h3-6,9,13,19H,7-8H2,1-2H3. The zero-order valence-corrected chi connectivity index (χ0v) is 12.7. The molecule has 6 heteroatoms. The lowest BCUT2D eigenvalue weighted by Crippen LogP contribution is -2.27. The number of carbonyl (C=O) groups is 1. The number of thiazole rings is 1. The molecule has 0 aliphatic carbocycles. The van der Waals surface area contributed by atoms with Crippen molar-refractivity contribution >= 4 is 17.2 Å². The molecule has 0 spiro atoms. The number of halogens is 1. The monoisotopic (exact) mass is 308 g/mol. The van der Waals surface area contributed by atoms with E-state index in [9.17, 15) is 14.3 Å². The van der Waals surface area contributed by atoms with Gasteiger partial charge in [0.1, 0.15) is 10.8 Å². The van der Waals surface area contributed by atoms with Crippen LogP contribution in [-0.2, 0) is 11.3 Å². The fraction of sp³-hybridized carbons (Fsp3) is 0.333. The minimum Gasteiger partial charge on any atom is -0.388 e. The molecule has 2 aromatic rings. The summed E-state index contributed by atoms with van der Waals surface area (Å²) >= 11 is 1.50. The van der Waals surface area contributed by atoms with Gasteiger partial charge < -0.3 is 10.0 Å². The number of aliphatic hydroxyl groups is 1. The summed E-state index contributed by atoms with van der Waals surface area (Å²) in [5.74, 6) is -0.634. The van der Waals surface area contributed by atoms with E-state index in [4.69, 9.17) is 0 Å². The Morgan fingerprint density at radius 3 is 2.90 bits per heavy atom. The number of benzene rings is 1. The van der Waals surface area contributed by atoms with Crippen molar-refractivity contribution in [1.82, 2.24) is 9.88 Å². The van der Waals surface area contributed by atoms with Gasteiger partial charge in [0.25, 0.3) is 0 Å². The van der Waals surface area contributed by atoms with E-state index < -0.39 is 11.9 Å². The van der Waals surface area contributed by atoms with Gasteiger partial charge in [-0.25, -0.2) is 9.37 Å². The first-order valence-corrected chi connectivity index (χ1v) is 7.42. The highest BCUT2D eigenvalue weighted by atomic mass is 32.1. The zero-order valence-electron chi connectivity index (χ0n) is 11.9. The molecule has 1 N–H and O–H groups in total. The number of carbonyl (C=O) groups excluding carboxylic acids is 1. The Hall–Kier alpha value is -1.79. The second-order valence-electron chi connectivity index (χ2n) is 4.91. The summed E-state index contributed by atoms with van der Waals surface area (Å²) in [6.45, 7) is 2.31. The molecule has 0 saturated carbocycles. The molecule has 1 aromatic carbocycles. The summed E-state index contributed by atoms with van der Waals surface area (Å²) in [7, 11) is 1.66. The third kappa shape index (κ3) is 4.34. The maximum Gasteiger partial charge on any atom is 0.225 e. The fourth-order valence-corrected chi connectivity index (χ4v) is 2.74. The van der Waals surface area contributed by atoms with Gasteiger partial charge in [0.05, 0.1) is 19.1 Å². The molecule has 0 aliphatic rings. The van der Waals surface area contributed by atoms with Gasteiger partial charge in [0, 0.05) is 18.1 Å². The van der Waals surface area contributed by atoms with Crippen molar-refractivity contribution in [2.45, 2.75) is 26.0 Å². The minimum absolute atomic E-state index is 0.0791. The summed E-state index contributed by atoms with van der Waals surface area (Å²) in [4.78, 5) is 17.9. The summed E-state index contributed by atoms with van der Waals surface area (Å²) in [6.07, 6.45) is -1.08. The van der Waals surface area contributed by atoms with Crippen molar-refractivity contribution in [2.75, 3.05) is 7.05 Å².